The maximum absolute atomic E-state index is 13.0. The van der Waals surface area contributed by atoms with Crippen molar-refractivity contribution in [3.05, 3.63) is 11.8 Å². The first-order chi connectivity index (χ1) is 5.29. The van der Waals surface area contributed by atoms with E-state index < -0.39 is 12.1 Å². The van der Waals surface area contributed by atoms with Gasteiger partial charge in [-0.2, -0.15) is 0 Å². The van der Waals surface area contributed by atoms with Crippen molar-refractivity contribution in [3.8, 4) is 0 Å². The molecule has 0 aromatic rings. The van der Waals surface area contributed by atoms with E-state index in [1.54, 1.807) is 0 Å². The number of aliphatic hydroxyl groups excluding tert-OH is 2. The minimum Gasteiger partial charge on any atom is -0.516 e. The highest BCUT2D eigenvalue weighted by molar-refractivity contribution is 5.08. The molecule has 2 unspecified atom stereocenters. The van der Waals surface area contributed by atoms with Gasteiger partial charge in [0.2, 0.25) is 0 Å². The molecule has 2 atom stereocenters. The molecule has 3 heteroatoms. The summed E-state index contributed by atoms with van der Waals surface area (Å²) in [6, 6.07) is 0. The second kappa shape index (κ2) is 3.72. The highest BCUT2D eigenvalue weighted by atomic mass is 19.1. The summed E-state index contributed by atoms with van der Waals surface area (Å²) in [6.45, 7) is -0.201. The van der Waals surface area contributed by atoms with E-state index in [1.807, 2.05) is 0 Å². The van der Waals surface area contributed by atoms with E-state index >= 15 is 0 Å². The molecule has 0 saturated heterocycles. The molecule has 64 valence electrons. The molecule has 1 aliphatic carbocycles. The molecule has 0 radical (unpaired) electrons. The van der Waals surface area contributed by atoms with Gasteiger partial charge in [-0.3, -0.25) is 0 Å². The number of halogens is 1. The summed E-state index contributed by atoms with van der Waals surface area (Å²) in [5.41, 5.74) is 0.645. The zero-order valence-corrected chi connectivity index (χ0v) is 6.33. The Morgan fingerprint density at radius 2 is 2.36 bits per heavy atom. The van der Waals surface area contributed by atoms with Crippen molar-refractivity contribution in [2.24, 2.45) is 5.92 Å². The van der Waals surface area contributed by atoms with Gasteiger partial charge in [-0.05, 0) is 24.8 Å². The Morgan fingerprint density at radius 3 is 2.82 bits per heavy atom. The molecule has 0 aromatic heterocycles. The maximum Gasteiger partial charge on any atom is 0.109 e. The largest absolute Gasteiger partial charge is 0.516 e. The smallest absolute Gasteiger partial charge is 0.109 e. The molecule has 1 saturated carbocycles. The van der Waals surface area contributed by atoms with E-state index in [0.29, 0.717) is 18.4 Å². The van der Waals surface area contributed by atoms with Crippen molar-refractivity contribution in [2.45, 2.75) is 25.4 Å². The topological polar surface area (TPSA) is 40.5 Å². The molecule has 0 heterocycles. The fraction of sp³-hybridized carbons (Fsp3) is 0.750. The predicted octanol–water partition coefficient (Wildman–Crippen LogP) is 1.56. The fourth-order valence-corrected chi connectivity index (χ4v) is 1.51. The molecule has 2 N–H and O–H groups in total. The fourth-order valence-electron chi connectivity index (χ4n) is 1.51. The van der Waals surface area contributed by atoms with Crippen LogP contribution in [0.25, 0.3) is 0 Å². The van der Waals surface area contributed by atoms with Gasteiger partial charge in [-0.1, -0.05) is 0 Å². The molecule has 0 spiro atoms. The van der Waals surface area contributed by atoms with Gasteiger partial charge in [0.1, 0.15) is 6.17 Å². The monoisotopic (exact) mass is 160 g/mol. The number of aliphatic hydroxyl groups is 2. The summed E-state index contributed by atoms with van der Waals surface area (Å²) in [7, 11) is 0. The van der Waals surface area contributed by atoms with Crippen molar-refractivity contribution < 1.29 is 14.6 Å². The Morgan fingerprint density at radius 1 is 1.64 bits per heavy atom. The maximum atomic E-state index is 13.0. The van der Waals surface area contributed by atoms with Crippen LogP contribution in [0.2, 0.25) is 0 Å². The average molecular weight is 160 g/mol. The van der Waals surface area contributed by atoms with Crippen molar-refractivity contribution in [3.63, 3.8) is 0 Å². The summed E-state index contributed by atoms with van der Waals surface area (Å²) in [5, 5.41) is 17.4. The number of alkyl halides is 1. The first kappa shape index (κ1) is 8.53. The molecule has 0 aromatic carbocycles. The van der Waals surface area contributed by atoms with E-state index in [2.05, 4.69) is 0 Å². The molecule has 0 aliphatic heterocycles. The standard InChI is InChI=1S/C8H13FO2/c9-8-3-1-2-6(4-10)7(8)5-11/h4,7-8,10-11H,1-3,5H2/b6-4-. The SMILES string of the molecule is O/C=C1/CCCC(F)C1CO. The molecular formula is C8H13FO2. The lowest BCUT2D eigenvalue weighted by Gasteiger charge is -2.26. The molecule has 1 aliphatic rings. The van der Waals surface area contributed by atoms with Crippen molar-refractivity contribution in [1.82, 2.24) is 0 Å². The van der Waals surface area contributed by atoms with Gasteiger partial charge >= 0.3 is 0 Å². The molecular weight excluding hydrogens is 147 g/mol. The van der Waals surface area contributed by atoms with E-state index in [4.69, 9.17) is 10.2 Å². The first-order valence-electron chi connectivity index (χ1n) is 3.87. The Labute approximate surface area is 65.4 Å². The number of rotatable bonds is 1. The Balaban J connectivity index is 2.64. The third-order valence-electron chi connectivity index (χ3n) is 2.22. The van der Waals surface area contributed by atoms with E-state index in [0.717, 1.165) is 12.7 Å². The lowest BCUT2D eigenvalue weighted by atomic mass is 9.84. The van der Waals surface area contributed by atoms with Gasteiger partial charge in [0, 0.05) is 5.92 Å². The van der Waals surface area contributed by atoms with Crippen LogP contribution in [0.5, 0.6) is 0 Å². The second-order valence-corrected chi connectivity index (χ2v) is 2.90. The second-order valence-electron chi connectivity index (χ2n) is 2.90. The van der Waals surface area contributed by atoms with Crippen molar-refractivity contribution in [1.29, 1.82) is 0 Å². The van der Waals surface area contributed by atoms with Crippen LogP contribution in [0, 0.1) is 5.92 Å². The Bertz CT molecular complexity index is 156. The quantitative estimate of drug-likeness (QED) is 0.571. The van der Waals surface area contributed by atoms with E-state index in [-0.39, 0.29) is 6.61 Å². The van der Waals surface area contributed by atoms with Crippen LogP contribution < -0.4 is 0 Å². The number of hydrogen-bond acceptors (Lipinski definition) is 2. The van der Waals surface area contributed by atoms with Crippen molar-refractivity contribution >= 4 is 0 Å². The molecule has 1 fully saturated rings. The predicted molar refractivity (Wildman–Crippen MR) is 40.0 cm³/mol. The molecule has 11 heavy (non-hydrogen) atoms. The summed E-state index contributed by atoms with van der Waals surface area (Å²) in [6.07, 6.45) is 1.94. The van der Waals surface area contributed by atoms with Crippen molar-refractivity contribution in [2.75, 3.05) is 6.61 Å². The Kier molecular flexibility index (Phi) is 2.88. The summed E-state index contributed by atoms with van der Waals surface area (Å²) >= 11 is 0. The molecule has 0 amide bonds. The highest BCUT2D eigenvalue weighted by Crippen LogP contribution is 2.30. The zero-order valence-electron chi connectivity index (χ0n) is 6.33. The van der Waals surface area contributed by atoms with Gasteiger partial charge in [-0.15, -0.1) is 0 Å². The van der Waals surface area contributed by atoms with Gasteiger partial charge in [0.25, 0.3) is 0 Å². The Hall–Kier alpha value is -0.570. The van der Waals surface area contributed by atoms with Gasteiger partial charge in [0.15, 0.2) is 0 Å². The van der Waals surface area contributed by atoms with Gasteiger partial charge in [-0.25, -0.2) is 4.39 Å². The van der Waals surface area contributed by atoms with Crippen LogP contribution in [0.1, 0.15) is 19.3 Å². The summed E-state index contributed by atoms with van der Waals surface area (Å²) < 4.78 is 13.0. The normalized spacial score (nSPS) is 36.0. The summed E-state index contributed by atoms with van der Waals surface area (Å²) in [5.74, 6) is -0.464. The highest BCUT2D eigenvalue weighted by Gasteiger charge is 2.28. The average Bonchev–Trinajstić information content (AvgIpc) is 2.04. The summed E-state index contributed by atoms with van der Waals surface area (Å²) in [4.78, 5) is 0. The van der Waals surface area contributed by atoms with E-state index in [1.165, 1.54) is 0 Å². The zero-order chi connectivity index (χ0) is 8.27. The van der Waals surface area contributed by atoms with Crippen LogP contribution in [0.4, 0.5) is 4.39 Å². The molecule has 1 rings (SSSR count). The number of hydrogen-bond donors (Lipinski definition) is 2. The minimum atomic E-state index is -0.979. The van der Waals surface area contributed by atoms with Crippen LogP contribution in [0.15, 0.2) is 11.8 Å². The van der Waals surface area contributed by atoms with Gasteiger partial charge in [0.05, 0.1) is 12.9 Å². The first-order valence-corrected chi connectivity index (χ1v) is 3.87. The van der Waals surface area contributed by atoms with E-state index in [9.17, 15) is 4.39 Å². The lowest BCUT2D eigenvalue weighted by molar-refractivity contribution is 0.134. The third kappa shape index (κ3) is 1.71. The molecule has 2 nitrogen and oxygen atoms in total. The molecule has 0 bridgehead atoms. The van der Waals surface area contributed by atoms with Crippen LogP contribution >= 0.6 is 0 Å². The van der Waals surface area contributed by atoms with Gasteiger partial charge < -0.3 is 10.2 Å². The minimum absolute atomic E-state index is 0.201. The lowest BCUT2D eigenvalue weighted by Crippen LogP contribution is -2.26. The van der Waals surface area contributed by atoms with Crippen LogP contribution in [-0.2, 0) is 0 Å². The van der Waals surface area contributed by atoms with Crippen LogP contribution in [0.3, 0.4) is 0 Å². The van der Waals surface area contributed by atoms with Crippen LogP contribution in [-0.4, -0.2) is 23.0 Å². The third-order valence-corrected chi connectivity index (χ3v) is 2.22.